The fourth-order valence-corrected chi connectivity index (χ4v) is 3.23. The summed E-state index contributed by atoms with van der Waals surface area (Å²) in [7, 11) is 0. The topological polar surface area (TPSA) is 68.0 Å². The zero-order valence-corrected chi connectivity index (χ0v) is 13.2. The lowest BCUT2D eigenvalue weighted by Gasteiger charge is -2.30. The smallest absolute Gasteiger partial charge is 0.233 e. The Kier molecular flexibility index (Phi) is 5.87. The first-order valence-electron chi connectivity index (χ1n) is 6.52. The number of thiocarbonyl (C=S) groups is 1. The van der Waals surface area contributed by atoms with Crippen molar-refractivity contribution >= 4 is 34.5 Å². The Morgan fingerprint density at radius 3 is 2.53 bits per heavy atom. The van der Waals surface area contributed by atoms with Crippen LogP contribution in [0.2, 0.25) is 0 Å². The number of nitrogens with two attached hydrogens (primary N) is 1. The van der Waals surface area contributed by atoms with Crippen LogP contribution in [-0.4, -0.2) is 15.9 Å². The van der Waals surface area contributed by atoms with Gasteiger partial charge < -0.3 is 11.1 Å². The first-order valence-corrected chi connectivity index (χ1v) is 7.80. The molecule has 0 spiro atoms. The minimum Gasteiger partial charge on any atom is -0.392 e. The van der Waals surface area contributed by atoms with E-state index >= 15 is 0 Å². The number of hydrogen-bond acceptors (Lipinski definition) is 4. The number of carbonyl (C=O) groups is 1. The van der Waals surface area contributed by atoms with Crippen molar-refractivity contribution in [3.63, 3.8) is 0 Å². The first-order chi connectivity index (χ1) is 9.01. The number of carbonyl (C=O) groups excluding carboxylic acids is 1. The van der Waals surface area contributed by atoms with E-state index in [1.54, 1.807) is 17.5 Å². The van der Waals surface area contributed by atoms with Crippen molar-refractivity contribution in [3.8, 4) is 0 Å². The second kappa shape index (κ2) is 6.96. The quantitative estimate of drug-likeness (QED) is 0.760. The van der Waals surface area contributed by atoms with Gasteiger partial charge in [-0.15, -0.1) is 11.3 Å². The summed E-state index contributed by atoms with van der Waals surface area (Å²) in [6.07, 6.45) is 3.76. The summed E-state index contributed by atoms with van der Waals surface area (Å²) in [4.78, 5) is 17.1. The van der Waals surface area contributed by atoms with Gasteiger partial charge in [0.25, 0.3) is 0 Å². The van der Waals surface area contributed by atoms with Gasteiger partial charge in [0.1, 0.15) is 5.01 Å². The van der Waals surface area contributed by atoms with Crippen LogP contribution in [-0.2, 0) is 4.79 Å². The Labute approximate surface area is 123 Å². The Bertz CT molecular complexity index is 427. The van der Waals surface area contributed by atoms with Crippen LogP contribution in [0.25, 0.3) is 0 Å². The third-order valence-corrected chi connectivity index (χ3v) is 4.86. The van der Waals surface area contributed by atoms with E-state index < -0.39 is 5.41 Å². The van der Waals surface area contributed by atoms with Crippen LogP contribution in [0.5, 0.6) is 0 Å². The van der Waals surface area contributed by atoms with Gasteiger partial charge in [0.2, 0.25) is 5.91 Å². The average Bonchev–Trinajstić information content (AvgIpc) is 2.91. The SMILES string of the molecule is CCC(NC(=O)C(CC)(CC)C(N)=S)c1nccs1. The zero-order valence-electron chi connectivity index (χ0n) is 11.6. The second-order valence-electron chi connectivity index (χ2n) is 4.46. The maximum Gasteiger partial charge on any atom is 0.233 e. The summed E-state index contributed by atoms with van der Waals surface area (Å²) in [6.45, 7) is 5.89. The summed E-state index contributed by atoms with van der Waals surface area (Å²) >= 11 is 6.64. The molecule has 1 amide bonds. The van der Waals surface area contributed by atoms with E-state index in [1.165, 1.54) is 0 Å². The fourth-order valence-electron chi connectivity index (χ4n) is 2.07. The van der Waals surface area contributed by atoms with E-state index in [4.69, 9.17) is 18.0 Å². The van der Waals surface area contributed by atoms with Crippen LogP contribution in [0, 0.1) is 5.41 Å². The first kappa shape index (κ1) is 16.0. The molecule has 1 heterocycles. The van der Waals surface area contributed by atoms with Gasteiger partial charge in [-0.05, 0) is 19.3 Å². The maximum atomic E-state index is 12.5. The molecule has 6 heteroatoms. The molecule has 1 unspecified atom stereocenters. The van der Waals surface area contributed by atoms with Crippen LogP contribution in [0.1, 0.15) is 51.1 Å². The summed E-state index contributed by atoms with van der Waals surface area (Å²) in [5.41, 5.74) is 5.04. The lowest BCUT2D eigenvalue weighted by Crippen LogP contribution is -2.49. The van der Waals surface area contributed by atoms with Gasteiger partial charge in [-0.1, -0.05) is 33.0 Å². The number of aromatic nitrogens is 1. The maximum absolute atomic E-state index is 12.5. The van der Waals surface area contributed by atoms with E-state index in [1.807, 2.05) is 26.2 Å². The molecule has 19 heavy (non-hydrogen) atoms. The summed E-state index contributed by atoms with van der Waals surface area (Å²) in [5, 5.41) is 5.86. The van der Waals surface area contributed by atoms with Crippen molar-refractivity contribution in [2.24, 2.45) is 11.1 Å². The molecule has 0 radical (unpaired) electrons. The third kappa shape index (κ3) is 3.30. The van der Waals surface area contributed by atoms with Gasteiger partial charge in [-0.2, -0.15) is 0 Å². The number of amides is 1. The van der Waals surface area contributed by atoms with Crippen molar-refractivity contribution < 1.29 is 4.79 Å². The summed E-state index contributed by atoms with van der Waals surface area (Å²) < 4.78 is 0. The predicted molar refractivity (Wildman–Crippen MR) is 83.1 cm³/mol. The lowest BCUT2D eigenvalue weighted by molar-refractivity contribution is -0.128. The average molecular weight is 299 g/mol. The minimum absolute atomic E-state index is 0.0701. The van der Waals surface area contributed by atoms with Crippen LogP contribution in [0.3, 0.4) is 0 Å². The molecular formula is C13H21N3OS2. The molecule has 0 saturated carbocycles. The Morgan fingerprint density at radius 2 is 2.16 bits per heavy atom. The van der Waals surface area contributed by atoms with Gasteiger partial charge in [-0.25, -0.2) is 4.98 Å². The molecule has 0 aliphatic rings. The van der Waals surface area contributed by atoms with Crippen molar-refractivity contribution in [2.45, 2.75) is 46.1 Å². The Morgan fingerprint density at radius 1 is 1.53 bits per heavy atom. The molecule has 1 rings (SSSR count). The molecule has 106 valence electrons. The Hall–Kier alpha value is -1.01. The normalized spacial score (nSPS) is 13.0. The van der Waals surface area contributed by atoms with Crippen molar-refractivity contribution in [2.75, 3.05) is 0 Å². The van der Waals surface area contributed by atoms with Crippen molar-refractivity contribution in [1.29, 1.82) is 0 Å². The predicted octanol–water partition coefficient (Wildman–Crippen LogP) is 2.80. The van der Waals surface area contributed by atoms with Crippen molar-refractivity contribution in [3.05, 3.63) is 16.6 Å². The van der Waals surface area contributed by atoms with Gasteiger partial charge in [0.15, 0.2) is 0 Å². The molecule has 0 aliphatic heterocycles. The van der Waals surface area contributed by atoms with Gasteiger partial charge >= 0.3 is 0 Å². The lowest BCUT2D eigenvalue weighted by atomic mass is 9.81. The number of thiazole rings is 1. The highest BCUT2D eigenvalue weighted by Crippen LogP contribution is 2.29. The van der Waals surface area contributed by atoms with Crippen LogP contribution < -0.4 is 11.1 Å². The second-order valence-corrected chi connectivity index (χ2v) is 5.82. The monoisotopic (exact) mass is 299 g/mol. The Balaban J connectivity index is 2.90. The van der Waals surface area contributed by atoms with E-state index in [0.717, 1.165) is 11.4 Å². The summed E-state index contributed by atoms with van der Waals surface area (Å²) in [5.74, 6) is -0.0907. The number of hydrogen-bond donors (Lipinski definition) is 2. The largest absolute Gasteiger partial charge is 0.392 e. The van der Waals surface area contributed by atoms with E-state index in [9.17, 15) is 4.79 Å². The highest BCUT2D eigenvalue weighted by Gasteiger charge is 2.39. The molecule has 0 fully saturated rings. The number of rotatable bonds is 7. The van der Waals surface area contributed by atoms with Crippen LogP contribution in [0.15, 0.2) is 11.6 Å². The molecule has 0 aromatic carbocycles. The highest BCUT2D eigenvalue weighted by atomic mass is 32.1. The van der Waals surface area contributed by atoms with Gasteiger partial charge in [-0.3, -0.25) is 4.79 Å². The molecule has 0 saturated heterocycles. The molecule has 1 atom stereocenters. The molecular weight excluding hydrogens is 278 g/mol. The zero-order chi connectivity index (χ0) is 14.5. The number of nitrogens with zero attached hydrogens (tertiary/aromatic N) is 1. The summed E-state index contributed by atoms with van der Waals surface area (Å²) in [6, 6.07) is -0.0701. The van der Waals surface area contributed by atoms with E-state index in [-0.39, 0.29) is 16.9 Å². The highest BCUT2D eigenvalue weighted by molar-refractivity contribution is 7.80. The molecule has 0 aliphatic carbocycles. The van der Waals surface area contributed by atoms with Gasteiger partial charge in [0.05, 0.1) is 16.4 Å². The van der Waals surface area contributed by atoms with E-state index in [2.05, 4.69) is 10.3 Å². The molecule has 3 N–H and O–H groups in total. The fraction of sp³-hybridized carbons (Fsp3) is 0.615. The molecule has 1 aromatic heterocycles. The standard InChI is InChI=1S/C13H21N3OS2/c1-4-9(10-15-7-8-19-10)16-12(17)13(5-2,6-3)11(14)18/h7-9H,4-6H2,1-3H3,(H2,14,18)(H,16,17). The van der Waals surface area contributed by atoms with Crippen LogP contribution in [0.4, 0.5) is 0 Å². The molecule has 1 aromatic rings. The van der Waals surface area contributed by atoms with Crippen molar-refractivity contribution in [1.82, 2.24) is 10.3 Å². The van der Waals surface area contributed by atoms with Crippen LogP contribution >= 0.6 is 23.6 Å². The van der Waals surface area contributed by atoms with Gasteiger partial charge in [0, 0.05) is 11.6 Å². The molecule has 0 bridgehead atoms. The third-order valence-electron chi connectivity index (χ3n) is 3.58. The minimum atomic E-state index is -0.750. The molecule has 4 nitrogen and oxygen atoms in total. The number of nitrogens with one attached hydrogen (secondary N) is 1. The van der Waals surface area contributed by atoms with E-state index in [0.29, 0.717) is 12.8 Å².